The van der Waals surface area contributed by atoms with Crippen molar-refractivity contribution in [3.05, 3.63) is 0 Å². The Kier molecular flexibility index (Phi) is 36.0. The van der Waals surface area contributed by atoms with Crippen LogP contribution in [-0.4, -0.2) is 44.1 Å². The third kappa shape index (κ3) is 51.7. The van der Waals surface area contributed by atoms with Crippen LogP contribution in [0.25, 0.3) is 0 Å². The molecule has 0 aromatic rings. The molecule has 0 aliphatic carbocycles. The Hall–Kier alpha value is -0.707. The minimum atomic E-state index is -0.932. The first-order valence-corrected chi connectivity index (χ1v) is 8.91. The number of carbonyl (C=O) groups is 3. The average molecular weight is 554 g/mol. The Labute approximate surface area is 171 Å². The first-order chi connectivity index (χ1) is 11.3. The predicted octanol–water partition coefficient (Wildman–Crippen LogP) is 0.569. The number of aliphatic carboxylic acids is 3. The Morgan fingerprint density at radius 3 is 0.840 bits per heavy atom. The molecule has 0 atom stereocenters. The van der Waals surface area contributed by atoms with Gasteiger partial charge in [-0.3, -0.25) is 0 Å². The van der Waals surface area contributed by atoms with Crippen molar-refractivity contribution in [1.29, 1.82) is 0 Å². The normalized spacial score (nSPS) is 8.76. The SMILES string of the molecule is CCCCCC(=O)[O-].CCCCCC(=O)[O-].CCCCCC(=O)[O-].[Bi+3]. The van der Waals surface area contributed by atoms with Gasteiger partial charge < -0.3 is 29.7 Å². The molecule has 0 N–H and O–H groups in total. The van der Waals surface area contributed by atoms with Gasteiger partial charge in [-0.2, -0.15) is 0 Å². The van der Waals surface area contributed by atoms with E-state index in [1.54, 1.807) is 0 Å². The molecule has 7 heteroatoms. The van der Waals surface area contributed by atoms with Gasteiger partial charge in [-0.15, -0.1) is 0 Å². The summed E-state index contributed by atoms with van der Waals surface area (Å²) in [6, 6.07) is 0. The van der Waals surface area contributed by atoms with E-state index in [0.717, 1.165) is 57.8 Å². The van der Waals surface area contributed by atoms with E-state index in [0.29, 0.717) is 0 Å². The van der Waals surface area contributed by atoms with Crippen LogP contribution in [0.5, 0.6) is 0 Å². The number of unbranched alkanes of at least 4 members (excludes halogenated alkanes) is 6. The van der Waals surface area contributed by atoms with E-state index in [9.17, 15) is 29.7 Å². The molecule has 0 amide bonds. The molecular weight excluding hydrogens is 521 g/mol. The van der Waals surface area contributed by atoms with Crippen molar-refractivity contribution in [2.24, 2.45) is 0 Å². The van der Waals surface area contributed by atoms with Gasteiger partial charge in [0, 0.05) is 17.9 Å². The van der Waals surface area contributed by atoms with E-state index in [4.69, 9.17) is 0 Å². The van der Waals surface area contributed by atoms with Crippen molar-refractivity contribution in [2.75, 3.05) is 0 Å². The summed E-state index contributed by atoms with van der Waals surface area (Å²) in [6.07, 6.45) is 9.11. The Morgan fingerprint density at radius 2 is 0.720 bits per heavy atom. The summed E-state index contributed by atoms with van der Waals surface area (Å²) in [7, 11) is 0. The molecule has 0 saturated carbocycles. The minimum Gasteiger partial charge on any atom is -0.550 e. The zero-order chi connectivity index (χ0) is 19.2. The first-order valence-electron chi connectivity index (χ1n) is 8.91. The Bertz CT molecular complexity index is 260. The zero-order valence-corrected chi connectivity index (χ0v) is 19.4. The molecule has 0 bridgehead atoms. The van der Waals surface area contributed by atoms with Crippen molar-refractivity contribution >= 4 is 44.1 Å². The van der Waals surface area contributed by atoms with Crippen molar-refractivity contribution in [1.82, 2.24) is 0 Å². The van der Waals surface area contributed by atoms with Gasteiger partial charge in [0.25, 0.3) is 0 Å². The quantitative estimate of drug-likeness (QED) is 0.257. The summed E-state index contributed by atoms with van der Waals surface area (Å²) in [5.74, 6) is -2.80. The molecule has 0 spiro atoms. The molecule has 25 heavy (non-hydrogen) atoms. The monoisotopic (exact) mass is 554 g/mol. The second kappa shape index (κ2) is 28.1. The van der Waals surface area contributed by atoms with Gasteiger partial charge in [0.1, 0.15) is 0 Å². The predicted molar refractivity (Wildman–Crippen MR) is 93.2 cm³/mol. The van der Waals surface area contributed by atoms with Crippen LogP contribution in [0, 0.1) is 0 Å². The molecule has 0 fully saturated rings. The number of hydrogen-bond donors (Lipinski definition) is 0. The molecule has 6 nitrogen and oxygen atoms in total. The van der Waals surface area contributed by atoms with Gasteiger partial charge >= 0.3 is 26.2 Å². The molecule has 0 aromatic heterocycles. The van der Waals surface area contributed by atoms with Crippen LogP contribution in [0.4, 0.5) is 0 Å². The fraction of sp³-hybridized carbons (Fsp3) is 0.833. The Balaban J connectivity index is -0.000000130. The van der Waals surface area contributed by atoms with Crippen LogP contribution < -0.4 is 15.3 Å². The largest absolute Gasteiger partial charge is 3.00 e. The fourth-order valence-electron chi connectivity index (χ4n) is 1.56. The molecule has 0 aliphatic rings. The molecule has 0 aliphatic heterocycles. The van der Waals surface area contributed by atoms with E-state index in [2.05, 4.69) is 0 Å². The third-order valence-electron chi connectivity index (χ3n) is 2.95. The maximum absolute atomic E-state index is 9.76. The summed E-state index contributed by atoms with van der Waals surface area (Å²) < 4.78 is 0. The van der Waals surface area contributed by atoms with Gasteiger partial charge in [0.05, 0.1) is 0 Å². The van der Waals surface area contributed by atoms with Crippen LogP contribution in [-0.2, 0) is 14.4 Å². The van der Waals surface area contributed by atoms with Gasteiger partial charge in [-0.1, -0.05) is 59.3 Å². The van der Waals surface area contributed by atoms with Gasteiger partial charge in [0.2, 0.25) is 0 Å². The van der Waals surface area contributed by atoms with E-state index in [1.807, 2.05) is 20.8 Å². The summed E-state index contributed by atoms with van der Waals surface area (Å²) in [5.41, 5.74) is 0. The summed E-state index contributed by atoms with van der Waals surface area (Å²) >= 11 is 0. The number of hydrogen-bond acceptors (Lipinski definition) is 6. The molecule has 146 valence electrons. The average Bonchev–Trinajstić information content (AvgIpc) is 2.48. The minimum absolute atomic E-state index is 0. The summed E-state index contributed by atoms with van der Waals surface area (Å²) in [6.45, 7) is 6.11. The smallest absolute Gasteiger partial charge is 0.550 e. The second-order valence-electron chi connectivity index (χ2n) is 5.49. The van der Waals surface area contributed by atoms with Crippen LogP contribution >= 0.6 is 0 Å². The second-order valence-corrected chi connectivity index (χ2v) is 5.49. The number of carbonyl (C=O) groups excluding carboxylic acids is 3. The molecular formula is C18H33BiO6. The standard InChI is InChI=1S/3C6H12O2.Bi/c3*1-2-3-4-5-6(7)8;/h3*2-5H2,1H3,(H,7,8);/q;;;+3/p-3. The number of carboxylic acids is 3. The van der Waals surface area contributed by atoms with Crippen LogP contribution in [0.3, 0.4) is 0 Å². The fourth-order valence-corrected chi connectivity index (χ4v) is 1.56. The van der Waals surface area contributed by atoms with Gasteiger partial charge in [-0.05, 0) is 38.5 Å². The molecule has 0 rings (SSSR count). The van der Waals surface area contributed by atoms with E-state index in [1.165, 1.54) is 0 Å². The number of carboxylic acid groups (broad SMARTS) is 3. The maximum atomic E-state index is 9.76. The molecule has 0 saturated heterocycles. The van der Waals surface area contributed by atoms with Crippen molar-refractivity contribution in [3.63, 3.8) is 0 Å². The topological polar surface area (TPSA) is 120 Å². The van der Waals surface area contributed by atoms with Gasteiger partial charge in [0.15, 0.2) is 0 Å². The summed E-state index contributed by atoms with van der Waals surface area (Å²) in [5, 5.41) is 29.3. The van der Waals surface area contributed by atoms with E-state index >= 15 is 0 Å². The molecule has 0 unspecified atom stereocenters. The molecule has 0 heterocycles. The maximum Gasteiger partial charge on any atom is 3.00 e. The van der Waals surface area contributed by atoms with E-state index < -0.39 is 17.9 Å². The van der Waals surface area contributed by atoms with Crippen LogP contribution in [0.15, 0.2) is 0 Å². The molecule has 0 aromatic carbocycles. The van der Waals surface area contributed by atoms with Crippen molar-refractivity contribution in [3.8, 4) is 0 Å². The third-order valence-corrected chi connectivity index (χ3v) is 2.95. The van der Waals surface area contributed by atoms with Crippen LogP contribution in [0.2, 0.25) is 0 Å². The molecule has 2 radical (unpaired) electrons. The van der Waals surface area contributed by atoms with Gasteiger partial charge in [-0.25, -0.2) is 0 Å². The Morgan fingerprint density at radius 1 is 0.520 bits per heavy atom. The van der Waals surface area contributed by atoms with E-state index in [-0.39, 0.29) is 45.5 Å². The van der Waals surface area contributed by atoms with Crippen LogP contribution in [0.1, 0.15) is 97.8 Å². The summed E-state index contributed by atoms with van der Waals surface area (Å²) in [4.78, 5) is 29.3. The van der Waals surface area contributed by atoms with Crippen molar-refractivity contribution < 1.29 is 29.7 Å². The number of rotatable bonds is 12. The first kappa shape index (κ1) is 32.0. The van der Waals surface area contributed by atoms with Crippen molar-refractivity contribution in [2.45, 2.75) is 97.8 Å². The zero-order valence-electron chi connectivity index (χ0n) is 15.9.